The third kappa shape index (κ3) is 229. The minimum atomic E-state index is 0. The normalized spacial score (nSPS) is 9.82. The number of rotatable bonds is 0. The summed E-state index contributed by atoms with van der Waals surface area (Å²) in [4.78, 5) is 0. The fourth-order valence-corrected chi connectivity index (χ4v) is 0.625. The zero-order valence-corrected chi connectivity index (χ0v) is 19.5. The molecule has 0 spiro atoms. The Balaban J connectivity index is -0.0000000544. The van der Waals surface area contributed by atoms with Gasteiger partial charge < -0.3 is 128 Å². The smallest absolute Gasteiger partial charge is 0.415 e. The molecule has 1 saturated heterocycles. The van der Waals surface area contributed by atoms with Crippen LogP contribution in [0.25, 0.3) is 0 Å². The second-order valence-corrected chi connectivity index (χ2v) is 7.29. The first-order chi connectivity index (χ1) is 9.43. The van der Waals surface area contributed by atoms with Crippen LogP contribution in [0.15, 0.2) is 0 Å². The molecule has 1 heterocycles. The molecule has 1 aliphatic rings. The van der Waals surface area contributed by atoms with E-state index < -0.39 is 0 Å². The molecule has 5 nitrogen and oxygen atoms in total. The third-order valence-electron chi connectivity index (χ3n) is 0.957. The van der Waals surface area contributed by atoms with Crippen LogP contribution >= 0.6 is 48.9 Å². The van der Waals surface area contributed by atoms with Crippen molar-refractivity contribution in [3.63, 3.8) is 0 Å². The average Bonchev–Trinajstić information content (AvgIpc) is 2.68. The largest absolute Gasteiger partial charge is 4.00 e. The molecule has 0 amide bonds. The second kappa shape index (κ2) is 30.0. The van der Waals surface area contributed by atoms with Gasteiger partial charge in [-0.25, -0.2) is 0 Å². The van der Waals surface area contributed by atoms with Gasteiger partial charge in [0.05, 0.1) is 0 Å². The van der Waals surface area contributed by atoms with Crippen LogP contribution < -0.4 is 28.3 Å². The van der Waals surface area contributed by atoms with Crippen LogP contribution in [0.3, 0.4) is 0 Å². The van der Waals surface area contributed by atoms with E-state index in [1.54, 1.807) is 0 Å². The van der Waals surface area contributed by atoms with Gasteiger partial charge in [-0.15, -0.1) is 0 Å². The summed E-state index contributed by atoms with van der Waals surface area (Å²) in [5.41, 5.74) is 18.6. The van der Waals surface area contributed by atoms with Gasteiger partial charge in [-0.1, -0.05) is 17.3 Å². The van der Waals surface area contributed by atoms with Gasteiger partial charge in [0.15, 0.2) is 0 Å². The molecular formula is C8H17N5S8Ti. The van der Waals surface area contributed by atoms with Crippen molar-refractivity contribution < 1.29 is 21.7 Å². The minimum absolute atomic E-state index is 0. The van der Waals surface area contributed by atoms with Crippen LogP contribution in [0.1, 0.15) is 12.8 Å². The number of thiocarbonyl (C=S) groups is 4. The SMILES string of the molecule is C1CCNC1.NC(=S)[S-].NC(=S)[S-].NC(=S)[S-].NC(=S)[S-].[Ti+4]. The molecule has 0 aliphatic carbocycles. The maximum Gasteiger partial charge on any atom is 4.00 e. The Kier molecular flexibility index (Phi) is 47.0. The van der Waals surface area contributed by atoms with Crippen LogP contribution in [-0.4, -0.2) is 30.4 Å². The zero-order valence-electron chi connectivity index (χ0n) is 11.4. The summed E-state index contributed by atoms with van der Waals surface area (Å²) in [6.45, 7) is 2.50. The van der Waals surface area contributed by atoms with Crippen LogP contribution in [0.4, 0.5) is 0 Å². The molecule has 9 N–H and O–H groups in total. The fourth-order valence-electron chi connectivity index (χ4n) is 0.625. The number of hydrogen-bond donors (Lipinski definition) is 5. The average molecular weight is 488 g/mol. The molecule has 14 heteroatoms. The Morgan fingerprint density at radius 3 is 0.818 bits per heavy atom. The molecule has 22 heavy (non-hydrogen) atoms. The number of hydrogen-bond acceptors (Lipinski definition) is 9. The molecule has 0 unspecified atom stereocenters. The Labute approximate surface area is 190 Å². The van der Waals surface area contributed by atoms with Gasteiger partial charge in [-0.3, -0.25) is 0 Å². The molecule has 0 atom stereocenters. The quantitative estimate of drug-likeness (QED) is 0.171. The minimum Gasteiger partial charge on any atom is -0.415 e. The molecule has 1 rings (SSSR count). The molecule has 0 radical (unpaired) electrons. The van der Waals surface area contributed by atoms with Gasteiger partial charge in [-0.2, -0.15) is 0 Å². The zero-order chi connectivity index (χ0) is 17.8. The molecule has 0 saturated carbocycles. The molecule has 1 aliphatic heterocycles. The van der Waals surface area contributed by atoms with E-state index in [4.69, 9.17) is 0 Å². The van der Waals surface area contributed by atoms with E-state index in [0.717, 1.165) is 0 Å². The Morgan fingerprint density at radius 2 is 0.773 bits per heavy atom. The Hall–Kier alpha value is 1.11. The van der Waals surface area contributed by atoms with Crippen molar-refractivity contribution >= 4 is 117 Å². The van der Waals surface area contributed by atoms with Crippen molar-refractivity contribution in [2.75, 3.05) is 13.1 Å². The van der Waals surface area contributed by atoms with E-state index in [1.807, 2.05) is 0 Å². The van der Waals surface area contributed by atoms with Gasteiger partial charge >= 0.3 is 21.7 Å². The summed E-state index contributed by atoms with van der Waals surface area (Å²) >= 11 is 33.0. The van der Waals surface area contributed by atoms with E-state index >= 15 is 0 Å². The topological polar surface area (TPSA) is 116 Å². The predicted molar refractivity (Wildman–Crippen MR) is 119 cm³/mol. The summed E-state index contributed by atoms with van der Waals surface area (Å²) in [6, 6.07) is 0. The van der Waals surface area contributed by atoms with Crippen LogP contribution in [0.5, 0.6) is 0 Å². The molecule has 0 aromatic rings. The summed E-state index contributed by atoms with van der Waals surface area (Å²) in [5.74, 6) is 0. The molecule has 1 fully saturated rings. The van der Waals surface area contributed by atoms with Crippen molar-refractivity contribution in [2.45, 2.75) is 12.8 Å². The maximum atomic E-state index is 4.66. The first kappa shape index (κ1) is 34.4. The van der Waals surface area contributed by atoms with Gasteiger partial charge in [-0.05, 0) is 25.9 Å². The van der Waals surface area contributed by atoms with Crippen molar-refractivity contribution in [2.24, 2.45) is 22.9 Å². The van der Waals surface area contributed by atoms with E-state index in [2.05, 4.69) is 128 Å². The van der Waals surface area contributed by atoms with Crippen molar-refractivity contribution in [3.8, 4) is 0 Å². The number of nitrogens with one attached hydrogen (secondary N) is 1. The van der Waals surface area contributed by atoms with Gasteiger partial charge in [0, 0.05) is 0 Å². The summed E-state index contributed by atoms with van der Waals surface area (Å²) < 4.78 is 0.333. The third-order valence-corrected chi connectivity index (χ3v) is 0.957. The monoisotopic (exact) mass is 487 g/mol. The van der Waals surface area contributed by atoms with Gasteiger partial charge in [0.2, 0.25) is 0 Å². The summed E-state index contributed by atoms with van der Waals surface area (Å²) in [6.07, 6.45) is 2.78. The van der Waals surface area contributed by atoms with Crippen LogP contribution in [0.2, 0.25) is 0 Å². The predicted octanol–water partition coefficient (Wildman–Crippen LogP) is -0.525. The second-order valence-electron chi connectivity index (χ2n) is 2.73. The Bertz CT molecular complexity index is 229. The van der Waals surface area contributed by atoms with Crippen LogP contribution in [0, 0.1) is 0 Å². The van der Waals surface area contributed by atoms with Crippen molar-refractivity contribution in [3.05, 3.63) is 0 Å². The van der Waals surface area contributed by atoms with Crippen molar-refractivity contribution in [1.82, 2.24) is 5.32 Å². The van der Waals surface area contributed by atoms with Crippen molar-refractivity contribution in [1.29, 1.82) is 0 Å². The molecule has 0 aromatic heterocycles. The first-order valence-corrected chi connectivity index (χ1v) is 8.26. The fraction of sp³-hybridized carbons (Fsp3) is 0.500. The van der Waals surface area contributed by atoms with Gasteiger partial charge in [0.1, 0.15) is 0 Å². The van der Waals surface area contributed by atoms with E-state index in [0.29, 0.717) is 0 Å². The summed E-state index contributed by atoms with van der Waals surface area (Å²) in [7, 11) is 0. The van der Waals surface area contributed by atoms with E-state index in [1.165, 1.54) is 25.9 Å². The first-order valence-electron chi connectivity index (χ1n) is 4.99. The Morgan fingerprint density at radius 1 is 0.636 bits per heavy atom. The molecule has 0 aromatic carbocycles. The number of nitrogens with two attached hydrogens (primary N) is 4. The standard InChI is InChI=1S/C4H9N.4CH3NS2.Ti/c1-2-4-5-3-1;4*2-1(3)4;/h5H,1-4H2;4*(H3,2,3,4);/q;;;;;+4/p-4. The maximum absolute atomic E-state index is 4.66. The van der Waals surface area contributed by atoms with Gasteiger partial charge in [0.25, 0.3) is 0 Å². The molecular weight excluding hydrogens is 471 g/mol. The summed E-state index contributed by atoms with van der Waals surface area (Å²) in [5, 5.41) is 3.22. The van der Waals surface area contributed by atoms with Crippen LogP contribution in [-0.2, 0) is 72.2 Å². The molecule has 126 valence electrons. The molecule has 0 bridgehead atoms. The van der Waals surface area contributed by atoms with E-state index in [9.17, 15) is 0 Å². The van der Waals surface area contributed by atoms with E-state index in [-0.39, 0.29) is 39.0 Å².